The van der Waals surface area contributed by atoms with Crippen LogP contribution in [-0.2, 0) is 6.42 Å². The fourth-order valence-electron chi connectivity index (χ4n) is 2.32. The van der Waals surface area contributed by atoms with Crippen LogP contribution in [0.3, 0.4) is 0 Å². The van der Waals surface area contributed by atoms with Gasteiger partial charge in [0.15, 0.2) is 0 Å². The van der Waals surface area contributed by atoms with Crippen LogP contribution < -0.4 is 10.1 Å². The van der Waals surface area contributed by atoms with E-state index in [9.17, 15) is 0 Å². The van der Waals surface area contributed by atoms with Gasteiger partial charge in [-0.3, -0.25) is 0 Å². The maximum Gasteiger partial charge on any atom is 0.125 e. The molecule has 0 saturated heterocycles. The summed E-state index contributed by atoms with van der Waals surface area (Å²) in [4.78, 5) is 4.29. The predicted molar refractivity (Wildman–Crippen MR) is 86.6 cm³/mol. The van der Waals surface area contributed by atoms with Gasteiger partial charge in [0.1, 0.15) is 11.6 Å². The van der Waals surface area contributed by atoms with Crippen molar-refractivity contribution < 1.29 is 4.74 Å². The minimum Gasteiger partial charge on any atom is -0.496 e. The fourth-order valence-corrected chi connectivity index (χ4v) is 2.56. The van der Waals surface area contributed by atoms with Crippen LogP contribution in [0.5, 0.6) is 5.75 Å². The fraction of sp³-hybridized carbons (Fsp3) is 0.312. The summed E-state index contributed by atoms with van der Waals surface area (Å²) in [7, 11) is 1.72. The summed E-state index contributed by atoms with van der Waals surface area (Å²) >= 11 is 3.38. The lowest BCUT2D eigenvalue weighted by Crippen LogP contribution is -2.06. The third kappa shape index (κ3) is 3.73. The quantitative estimate of drug-likeness (QED) is 0.892. The van der Waals surface area contributed by atoms with Crippen LogP contribution in [0.2, 0.25) is 0 Å². The lowest BCUT2D eigenvalue weighted by atomic mass is 10.0. The van der Waals surface area contributed by atoms with Crippen LogP contribution >= 0.6 is 15.9 Å². The molecule has 0 amide bonds. The number of nitrogens with one attached hydrogen (secondary N) is 1. The molecule has 0 saturated carbocycles. The zero-order chi connectivity index (χ0) is 14.5. The number of rotatable bonds is 5. The Hall–Kier alpha value is -1.55. The zero-order valence-corrected chi connectivity index (χ0v) is 13.6. The van der Waals surface area contributed by atoms with Gasteiger partial charge in [0, 0.05) is 17.2 Å². The number of pyridine rings is 1. The molecule has 1 N–H and O–H groups in total. The van der Waals surface area contributed by atoms with Gasteiger partial charge in [-0.15, -0.1) is 0 Å². The molecule has 1 aromatic carbocycles. The van der Waals surface area contributed by atoms with Crippen molar-refractivity contribution in [2.75, 3.05) is 19.0 Å². The molecule has 106 valence electrons. The van der Waals surface area contributed by atoms with Gasteiger partial charge in [-0.1, -0.05) is 12.1 Å². The smallest absolute Gasteiger partial charge is 0.125 e. The summed E-state index contributed by atoms with van der Waals surface area (Å²) in [5.74, 6) is 1.88. The Balaban J connectivity index is 1.96. The highest BCUT2D eigenvalue weighted by Crippen LogP contribution is 2.24. The molecule has 0 unspecified atom stereocenters. The highest BCUT2D eigenvalue weighted by molar-refractivity contribution is 9.10. The van der Waals surface area contributed by atoms with Crippen molar-refractivity contribution in [2.24, 2.45) is 0 Å². The molecule has 0 aliphatic carbocycles. The van der Waals surface area contributed by atoms with E-state index >= 15 is 0 Å². The number of aromatic nitrogens is 1. The largest absolute Gasteiger partial charge is 0.496 e. The van der Waals surface area contributed by atoms with Crippen LogP contribution in [0, 0.1) is 13.8 Å². The van der Waals surface area contributed by atoms with Crippen LogP contribution in [0.4, 0.5) is 5.82 Å². The van der Waals surface area contributed by atoms with E-state index in [1.807, 2.05) is 12.1 Å². The molecule has 1 heterocycles. The van der Waals surface area contributed by atoms with Gasteiger partial charge >= 0.3 is 0 Å². The topological polar surface area (TPSA) is 34.1 Å². The highest BCUT2D eigenvalue weighted by Gasteiger charge is 2.05. The number of hydrogen-bond acceptors (Lipinski definition) is 3. The van der Waals surface area contributed by atoms with E-state index in [-0.39, 0.29) is 0 Å². The first-order chi connectivity index (χ1) is 9.60. The van der Waals surface area contributed by atoms with Gasteiger partial charge in [-0.05, 0) is 65.0 Å². The number of aryl methyl sites for hydroxylation is 2. The number of anilines is 1. The van der Waals surface area contributed by atoms with Crippen LogP contribution in [0.15, 0.2) is 34.9 Å². The van der Waals surface area contributed by atoms with Gasteiger partial charge in [-0.2, -0.15) is 0 Å². The van der Waals surface area contributed by atoms with Crippen LogP contribution in [-0.4, -0.2) is 18.6 Å². The Morgan fingerprint density at radius 1 is 1.20 bits per heavy atom. The van der Waals surface area contributed by atoms with Crippen LogP contribution in [0.25, 0.3) is 0 Å². The molecular weight excluding hydrogens is 316 g/mol. The first-order valence-corrected chi connectivity index (χ1v) is 7.39. The summed E-state index contributed by atoms with van der Waals surface area (Å²) in [6, 6.07) is 8.32. The van der Waals surface area contributed by atoms with Gasteiger partial charge in [0.2, 0.25) is 0 Å². The number of halogens is 1. The molecular formula is C16H19BrN2O. The minimum atomic E-state index is 0.861. The van der Waals surface area contributed by atoms with E-state index in [1.165, 1.54) is 16.7 Å². The Kier molecular flexibility index (Phi) is 5.01. The summed E-state index contributed by atoms with van der Waals surface area (Å²) in [5, 5.41) is 3.32. The Labute approximate surface area is 128 Å². The Bertz CT molecular complexity index is 559. The molecule has 0 spiro atoms. The van der Waals surface area contributed by atoms with Crippen molar-refractivity contribution in [3.05, 3.63) is 51.6 Å². The third-order valence-corrected chi connectivity index (χ3v) is 3.64. The molecule has 2 rings (SSSR count). The first-order valence-electron chi connectivity index (χ1n) is 6.59. The van der Waals surface area contributed by atoms with Crippen molar-refractivity contribution >= 4 is 21.7 Å². The van der Waals surface area contributed by atoms with Gasteiger partial charge in [0.05, 0.1) is 7.11 Å². The lowest BCUT2D eigenvalue weighted by molar-refractivity contribution is 0.408. The first kappa shape index (κ1) is 14.9. The highest BCUT2D eigenvalue weighted by atomic mass is 79.9. The lowest BCUT2D eigenvalue weighted by Gasteiger charge is -2.12. The van der Waals surface area contributed by atoms with E-state index in [0.717, 1.165) is 29.0 Å². The molecule has 0 radical (unpaired) electrons. The van der Waals surface area contributed by atoms with E-state index in [2.05, 4.69) is 52.2 Å². The molecule has 2 aromatic rings. The second-order valence-corrected chi connectivity index (χ2v) is 5.72. The normalized spacial score (nSPS) is 10.4. The molecule has 1 aromatic heterocycles. The summed E-state index contributed by atoms with van der Waals surface area (Å²) in [6.07, 6.45) is 2.76. The third-order valence-electron chi connectivity index (χ3n) is 3.17. The Morgan fingerprint density at radius 2 is 1.90 bits per heavy atom. The van der Waals surface area contributed by atoms with Crippen molar-refractivity contribution in [1.82, 2.24) is 4.98 Å². The number of nitrogens with zero attached hydrogens (tertiary/aromatic N) is 1. The molecule has 4 heteroatoms. The second-order valence-electron chi connectivity index (χ2n) is 4.80. The van der Waals surface area contributed by atoms with Crippen molar-refractivity contribution in [1.29, 1.82) is 0 Å². The standard InChI is InChI=1S/C16H19BrN2O/c1-11-8-13(9-12(2)16(11)20-3)6-7-18-15-5-4-14(17)10-19-15/h4-5,8-10H,6-7H2,1-3H3,(H,18,19). The summed E-state index contributed by atoms with van der Waals surface area (Å²) in [5.41, 5.74) is 3.68. The average molecular weight is 335 g/mol. The molecule has 3 nitrogen and oxygen atoms in total. The average Bonchev–Trinajstić information content (AvgIpc) is 2.41. The van der Waals surface area contributed by atoms with E-state index < -0.39 is 0 Å². The number of hydrogen-bond donors (Lipinski definition) is 1. The molecule has 20 heavy (non-hydrogen) atoms. The zero-order valence-electron chi connectivity index (χ0n) is 12.0. The van der Waals surface area contributed by atoms with Crippen molar-refractivity contribution in [2.45, 2.75) is 20.3 Å². The van der Waals surface area contributed by atoms with E-state index in [1.54, 1.807) is 13.3 Å². The van der Waals surface area contributed by atoms with E-state index in [4.69, 9.17) is 4.74 Å². The molecule has 0 fully saturated rings. The van der Waals surface area contributed by atoms with Crippen LogP contribution in [0.1, 0.15) is 16.7 Å². The number of ether oxygens (including phenoxy) is 1. The number of methoxy groups -OCH3 is 1. The molecule has 0 aliphatic heterocycles. The minimum absolute atomic E-state index is 0.861. The maximum absolute atomic E-state index is 5.39. The monoisotopic (exact) mass is 334 g/mol. The van der Waals surface area contributed by atoms with E-state index in [0.29, 0.717) is 0 Å². The van der Waals surface area contributed by atoms with Gasteiger partial charge < -0.3 is 10.1 Å². The van der Waals surface area contributed by atoms with Gasteiger partial charge in [-0.25, -0.2) is 4.98 Å². The summed E-state index contributed by atoms with van der Waals surface area (Å²) in [6.45, 7) is 5.03. The second kappa shape index (κ2) is 6.75. The van der Waals surface area contributed by atoms with Gasteiger partial charge in [0.25, 0.3) is 0 Å². The summed E-state index contributed by atoms with van der Waals surface area (Å²) < 4.78 is 6.38. The SMILES string of the molecule is COc1c(C)cc(CCNc2ccc(Br)cn2)cc1C. The predicted octanol–water partition coefficient (Wildman–Crippen LogP) is 4.12. The molecule has 0 bridgehead atoms. The molecule has 0 aliphatic rings. The van der Waals surface area contributed by atoms with Crippen molar-refractivity contribution in [3.63, 3.8) is 0 Å². The Morgan fingerprint density at radius 3 is 2.45 bits per heavy atom. The number of benzene rings is 1. The maximum atomic E-state index is 5.39. The van der Waals surface area contributed by atoms with Crippen molar-refractivity contribution in [3.8, 4) is 5.75 Å². The molecule has 0 atom stereocenters.